The molecule has 2 heterocycles. The van der Waals surface area contributed by atoms with Crippen molar-refractivity contribution in [3.63, 3.8) is 0 Å². The predicted molar refractivity (Wildman–Crippen MR) is 91.9 cm³/mol. The van der Waals surface area contributed by atoms with Crippen molar-refractivity contribution in [2.75, 3.05) is 37.7 Å². The molecule has 0 aromatic heterocycles. The minimum atomic E-state index is -2.98. The van der Waals surface area contributed by atoms with Crippen molar-refractivity contribution in [1.29, 1.82) is 0 Å². The number of hydrogen-bond acceptors (Lipinski definition) is 5. The number of nitrogens with zero attached hydrogens (tertiary/aromatic N) is 2. The van der Waals surface area contributed by atoms with E-state index in [1.54, 1.807) is 0 Å². The fourth-order valence-electron chi connectivity index (χ4n) is 3.69. The maximum absolute atomic E-state index is 13.0. The number of carbonyl (C=O) groups excluding carboxylic acids is 1. The summed E-state index contributed by atoms with van der Waals surface area (Å²) >= 11 is 0. The zero-order chi connectivity index (χ0) is 17.3. The molecule has 0 radical (unpaired) electrons. The van der Waals surface area contributed by atoms with Crippen LogP contribution in [0.1, 0.15) is 40.0 Å². The standard InChI is InChI=1S/C16H31N3O3S/c1-4-7-19(14-5-9-23(21,22)10-14)15(20)13(2)18-8-6-16(3,11-17)12-18/h13-14H,4-12,17H2,1-3H3. The molecule has 2 rings (SSSR count). The van der Waals surface area contributed by atoms with Crippen LogP contribution in [-0.4, -0.2) is 73.9 Å². The number of likely N-dealkylation sites (tertiary alicyclic amines) is 1. The average Bonchev–Trinajstić information content (AvgIpc) is 3.07. The number of sulfone groups is 1. The van der Waals surface area contributed by atoms with Gasteiger partial charge in [-0.05, 0) is 44.7 Å². The summed E-state index contributed by atoms with van der Waals surface area (Å²) in [6.45, 7) is 9.10. The minimum Gasteiger partial charge on any atom is -0.337 e. The molecule has 0 aliphatic carbocycles. The second-order valence-electron chi connectivity index (χ2n) is 7.50. The highest BCUT2D eigenvalue weighted by Gasteiger charge is 2.40. The Labute approximate surface area is 140 Å². The van der Waals surface area contributed by atoms with Gasteiger partial charge in [0.1, 0.15) is 0 Å². The highest BCUT2D eigenvalue weighted by molar-refractivity contribution is 7.91. The van der Waals surface area contributed by atoms with Gasteiger partial charge < -0.3 is 10.6 Å². The van der Waals surface area contributed by atoms with E-state index in [4.69, 9.17) is 5.73 Å². The van der Waals surface area contributed by atoms with Crippen LogP contribution in [0.25, 0.3) is 0 Å². The van der Waals surface area contributed by atoms with Crippen molar-refractivity contribution in [2.45, 2.75) is 52.1 Å². The maximum atomic E-state index is 13.0. The van der Waals surface area contributed by atoms with E-state index in [1.165, 1.54) is 0 Å². The zero-order valence-corrected chi connectivity index (χ0v) is 15.4. The van der Waals surface area contributed by atoms with Crippen LogP contribution in [-0.2, 0) is 14.6 Å². The largest absolute Gasteiger partial charge is 0.337 e. The van der Waals surface area contributed by atoms with E-state index in [0.29, 0.717) is 19.5 Å². The first-order chi connectivity index (χ1) is 10.7. The molecule has 0 spiro atoms. The molecule has 2 N–H and O–H groups in total. The SMILES string of the molecule is CCCN(C(=O)C(C)N1CCC(C)(CN)C1)C1CCS(=O)(=O)C1. The van der Waals surface area contributed by atoms with Crippen LogP contribution in [0.3, 0.4) is 0 Å². The second-order valence-corrected chi connectivity index (χ2v) is 9.73. The van der Waals surface area contributed by atoms with Gasteiger partial charge in [-0.1, -0.05) is 13.8 Å². The van der Waals surface area contributed by atoms with E-state index in [0.717, 1.165) is 25.9 Å². The summed E-state index contributed by atoms with van der Waals surface area (Å²) in [5, 5.41) is 0. The summed E-state index contributed by atoms with van der Waals surface area (Å²) in [4.78, 5) is 17.0. The summed E-state index contributed by atoms with van der Waals surface area (Å²) in [5.74, 6) is 0.385. The number of hydrogen-bond donors (Lipinski definition) is 1. The molecule has 3 unspecified atom stereocenters. The van der Waals surface area contributed by atoms with Gasteiger partial charge in [0.2, 0.25) is 5.91 Å². The van der Waals surface area contributed by atoms with Crippen LogP contribution in [0.5, 0.6) is 0 Å². The Hall–Kier alpha value is -0.660. The molecule has 0 aromatic carbocycles. The van der Waals surface area contributed by atoms with Crippen LogP contribution in [0, 0.1) is 5.41 Å². The van der Waals surface area contributed by atoms with Crippen LogP contribution in [0.15, 0.2) is 0 Å². The summed E-state index contributed by atoms with van der Waals surface area (Å²) in [7, 11) is -2.98. The van der Waals surface area contributed by atoms with Gasteiger partial charge in [0, 0.05) is 19.1 Å². The lowest BCUT2D eigenvalue weighted by Gasteiger charge is -2.34. The van der Waals surface area contributed by atoms with Crippen molar-refractivity contribution in [3.8, 4) is 0 Å². The molecule has 7 heteroatoms. The third-order valence-corrected chi connectivity index (χ3v) is 7.13. The zero-order valence-electron chi connectivity index (χ0n) is 14.6. The van der Waals surface area contributed by atoms with Crippen molar-refractivity contribution in [1.82, 2.24) is 9.80 Å². The lowest BCUT2D eigenvalue weighted by atomic mass is 9.90. The van der Waals surface area contributed by atoms with Gasteiger partial charge in [-0.3, -0.25) is 9.69 Å². The van der Waals surface area contributed by atoms with Crippen molar-refractivity contribution >= 4 is 15.7 Å². The first kappa shape index (κ1) is 18.7. The van der Waals surface area contributed by atoms with Crippen molar-refractivity contribution < 1.29 is 13.2 Å². The molecule has 134 valence electrons. The highest BCUT2D eigenvalue weighted by Crippen LogP contribution is 2.30. The molecular formula is C16H31N3O3S. The lowest BCUT2D eigenvalue weighted by Crippen LogP contribution is -2.51. The van der Waals surface area contributed by atoms with Gasteiger partial charge in [-0.25, -0.2) is 8.42 Å². The Morgan fingerprint density at radius 3 is 2.65 bits per heavy atom. The summed E-state index contributed by atoms with van der Waals surface area (Å²) < 4.78 is 23.5. The van der Waals surface area contributed by atoms with Gasteiger partial charge in [-0.15, -0.1) is 0 Å². The maximum Gasteiger partial charge on any atom is 0.239 e. The third-order valence-electron chi connectivity index (χ3n) is 5.38. The summed E-state index contributed by atoms with van der Waals surface area (Å²) in [6, 6.07) is -0.364. The van der Waals surface area contributed by atoms with Crippen LogP contribution in [0.4, 0.5) is 0 Å². The smallest absolute Gasteiger partial charge is 0.239 e. The quantitative estimate of drug-likeness (QED) is 0.757. The lowest BCUT2D eigenvalue weighted by molar-refractivity contribution is -0.138. The van der Waals surface area contributed by atoms with E-state index in [-0.39, 0.29) is 34.9 Å². The molecular weight excluding hydrogens is 314 g/mol. The van der Waals surface area contributed by atoms with E-state index < -0.39 is 9.84 Å². The van der Waals surface area contributed by atoms with Gasteiger partial charge >= 0.3 is 0 Å². The molecule has 2 aliphatic heterocycles. The fraction of sp³-hybridized carbons (Fsp3) is 0.938. The molecule has 3 atom stereocenters. The normalized spacial score (nSPS) is 32.1. The molecule has 2 fully saturated rings. The molecule has 2 saturated heterocycles. The molecule has 0 aromatic rings. The van der Waals surface area contributed by atoms with Crippen LogP contribution >= 0.6 is 0 Å². The highest BCUT2D eigenvalue weighted by atomic mass is 32.2. The molecule has 0 saturated carbocycles. The minimum absolute atomic E-state index is 0.0650. The van der Waals surface area contributed by atoms with Gasteiger partial charge in [-0.2, -0.15) is 0 Å². The van der Waals surface area contributed by atoms with Gasteiger partial charge in [0.05, 0.1) is 17.5 Å². The molecule has 0 bridgehead atoms. The predicted octanol–water partition coefficient (Wildman–Crippen LogP) is 0.471. The number of amides is 1. The number of carbonyl (C=O) groups is 1. The second kappa shape index (κ2) is 7.07. The van der Waals surface area contributed by atoms with E-state index in [9.17, 15) is 13.2 Å². The van der Waals surface area contributed by atoms with Crippen LogP contribution in [0.2, 0.25) is 0 Å². The monoisotopic (exact) mass is 345 g/mol. The Balaban J connectivity index is 2.06. The number of rotatable bonds is 6. The Bertz CT molecular complexity index is 537. The third kappa shape index (κ3) is 4.25. The first-order valence-electron chi connectivity index (χ1n) is 8.66. The van der Waals surface area contributed by atoms with Gasteiger partial charge in [0.15, 0.2) is 9.84 Å². The Morgan fingerprint density at radius 2 is 2.17 bits per heavy atom. The first-order valence-corrected chi connectivity index (χ1v) is 10.5. The average molecular weight is 346 g/mol. The van der Waals surface area contributed by atoms with Crippen LogP contribution < -0.4 is 5.73 Å². The van der Waals surface area contributed by atoms with E-state index in [1.807, 2.05) is 18.7 Å². The molecule has 6 nitrogen and oxygen atoms in total. The molecule has 23 heavy (non-hydrogen) atoms. The van der Waals surface area contributed by atoms with Crippen molar-refractivity contribution in [3.05, 3.63) is 0 Å². The topological polar surface area (TPSA) is 83.7 Å². The molecule has 2 aliphatic rings. The summed E-state index contributed by atoms with van der Waals surface area (Å²) in [6.07, 6.45) is 2.42. The Morgan fingerprint density at radius 1 is 1.48 bits per heavy atom. The van der Waals surface area contributed by atoms with Gasteiger partial charge in [0.25, 0.3) is 0 Å². The summed E-state index contributed by atoms with van der Waals surface area (Å²) in [5.41, 5.74) is 5.94. The van der Waals surface area contributed by atoms with Crippen molar-refractivity contribution in [2.24, 2.45) is 11.1 Å². The Kier molecular flexibility index (Phi) is 5.74. The fourth-order valence-corrected chi connectivity index (χ4v) is 5.42. The molecule has 1 amide bonds. The number of nitrogens with two attached hydrogens (primary N) is 1. The van der Waals surface area contributed by atoms with E-state index in [2.05, 4.69) is 11.8 Å². The van der Waals surface area contributed by atoms with E-state index >= 15 is 0 Å².